The van der Waals surface area contributed by atoms with Crippen LogP contribution in [0.4, 0.5) is 10.1 Å². The van der Waals surface area contributed by atoms with Crippen LogP contribution in [0.2, 0.25) is 0 Å². The van der Waals surface area contributed by atoms with Gasteiger partial charge in [0, 0.05) is 12.8 Å². The van der Waals surface area contributed by atoms with Crippen molar-refractivity contribution in [2.75, 3.05) is 12.4 Å². The molecule has 0 aliphatic heterocycles. The van der Waals surface area contributed by atoms with Gasteiger partial charge in [0.25, 0.3) is 0 Å². The van der Waals surface area contributed by atoms with Crippen molar-refractivity contribution in [3.8, 4) is 0 Å². The van der Waals surface area contributed by atoms with Crippen LogP contribution in [0.3, 0.4) is 0 Å². The van der Waals surface area contributed by atoms with Crippen molar-refractivity contribution in [1.82, 2.24) is 0 Å². The van der Waals surface area contributed by atoms with Crippen molar-refractivity contribution < 1.29 is 13.9 Å². The highest BCUT2D eigenvalue weighted by Gasteiger charge is 2.05. The normalized spacial score (nSPS) is 10.3. The first-order valence-electron chi connectivity index (χ1n) is 6.29. The zero-order chi connectivity index (χ0) is 14.4. The fraction of sp³-hybridized carbons (Fsp3) is 0.188. The molecule has 0 saturated carbocycles. The first-order chi connectivity index (χ1) is 9.67. The minimum Gasteiger partial charge on any atom is -0.380 e. The predicted molar refractivity (Wildman–Crippen MR) is 75.9 cm³/mol. The molecule has 2 aromatic rings. The van der Waals surface area contributed by atoms with Crippen molar-refractivity contribution in [3.05, 3.63) is 65.5 Å². The van der Waals surface area contributed by atoms with E-state index in [0.29, 0.717) is 6.61 Å². The molecule has 4 heteroatoms. The maximum absolute atomic E-state index is 12.8. The Kier molecular flexibility index (Phi) is 4.85. The highest BCUT2D eigenvalue weighted by atomic mass is 19.1. The molecule has 0 atom stereocenters. The summed E-state index contributed by atoms with van der Waals surface area (Å²) in [6.07, 6.45) is 0.217. The number of carbonyl (C=O) groups excluding carboxylic acids is 1. The van der Waals surface area contributed by atoms with Gasteiger partial charge < -0.3 is 10.1 Å². The van der Waals surface area contributed by atoms with Gasteiger partial charge in [-0.3, -0.25) is 4.79 Å². The summed E-state index contributed by atoms with van der Waals surface area (Å²) in [4.78, 5) is 11.9. The van der Waals surface area contributed by atoms with E-state index in [1.165, 1.54) is 12.1 Å². The molecule has 3 nitrogen and oxygen atoms in total. The van der Waals surface area contributed by atoms with E-state index in [1.54, 1.807) is 19.2 Å². The molecule has 0 unspecified atom stereocenters. The van der Waals surface area contributed by atoms with Crippen molar-refractivity contribution in [1.29, 1.82) is 0 Å². The molecule has 0 saturated heterocycles. The second-order valence-electron chi connectivity index (χ2n) is 4.48. The molecular formula is C16H16FNO2. The summed E-state index contributed by atoms with van der Waals surface area (Å²) >= 11 is 0. The molecule has 0 aliphatic rings. The largest absolute Gasteiger partial charge is 0.380 e. The minimum atomic E-state index is -0.304. The first kappa shape index (κ1) is 14.2. The fourth-order valence-electron chi connectivity index (χ4n) is 1.90. The second-order valence-corrected chi connectivity index (χ2v) is 4.48. The third-order valence-corrected chi connectivity index (χ3v) is 2.80. The Morgan fingerprint density at radius 1 is 1.15 bits per heavy atom. The van der Waals surface area contributed by atoms with E-state index in [-0.39, 0.29) is 18.1 Å². The number of nitrogens with one attached hydrogen (secondary N) is 1. The van der Waals surface area contributed by atoms with E-state index in [1.807, 2.05) is 24.3 Å². The molecule has 0 spiro atoms. The molecule has 1 amide bonds. The quantitative estimate of drug-likeness (QED) is 0.908. The number of carbonyl (C=O) groups is 1. The number of amides is 1. The van der Waals surface area contributed by atoms with Gasteiger partial charge in [0.2, 0.25) is 5.91 Å². The minimum absolute atomic E-state index is 0.133. The lowest BCUT2D eigenvalue weighted by molar-refractivity contribution is -0.115. The number of hydrogen-bond donors (Lipinski definition) is 1. The van der Waals surface area contributed by atoms with Crippen molar-refractivity contribution in [2.24, 2.45) is 0 Å². The van der Waals surface area contributed by atoms with Gasteiger partial charge in [-0.05, 0) is 35.4 Å². The molecule has 1 N–H and O–H groups in total. The smallest absolute Gasteiger partial charge is 0.228 e. The van der Waals surface area contributed by atoms with Gasteiger partial charge in [-0.15, -0.1) is 0 Å². The van der Waals surface area contributed by atoms with Crippen LogP contribution < -0.4 is 5.32 Å². The maximum Gasteiger partial charge on any atom is 0.228 e. The highest BCUT2D eigenvalue weighted by molar-refractivity contribution is 5.92. The average molecular weight is 273 g/mol. The van der Waals surface area contributed by atoms with Gasteiger partial charge in [0.05, 0.1) is 13.0 Å². The Labute approximate surface area is 117 Å². The third-order valence-electron chi connectivity index (χ3n) is 2.80. The highest BCUT2D eigenvalue weighted by Crippen LogP contribution is 2.12. The van der Waals surface area contributed by atoms with E-state index in [4.69, 9.17) is 4.74 Å². The van der Waals surface area contributed by atoms with Crippen LogP contribution in [-0.4, -0.2) is 13.0 Å². The summed E-state index contributed by atoms with van der Waals surface area (Å²) in [7, 11) is 1.62. The summed E-state index contributed by atoms with van der Waals surface area (Å²) < 4.78 is 17.8. The molecule has 0 heterocycles. The van der Waals surface area contributed by atoms with Crippen molar-refractivity contribution >= 4 is 11.6 Å². The fourth-order valence-corrected chi connectivity index (χ4v) is 1.90. The second kappa shape index (κ2) is 6.82. The standard InChI is InChI=1S/C16H16FNO2/c1-20-11-13-3-2-4-15(9-13)18-16(19)10-12-5-7-14(17)8-6-12/h2-9H,10-11H2,1H3,(H,18,19). The molecule has 0 bridgehead atoms. The van der Waals surface area contributed by atoms with E-state index >= 15 is 0 Å². The Balaban J connectivity index is 1.97. The van der Waals surface area contributed by atoms with E-state index < -0.39 is 0 Å². The molecule has 0 fully saturated rings. The van der Waals surface area contributed by atoms with Gasteiger partial charge in [0.15, 0.2) is 0 Å². The molecule has 0 aromatic heterocycles. The molecule has 0 radical (unpaired) electrons. The lowest BCUT2D eigenvalue weighted by atomic mass is 10.1. The molecular weight excluding hydrogens is 257 g/mol. The zero-order valence-corrected chi connectivity index (χ0v) is 11.2. The number of anilines is 1. The van der Waals surface area contributed by atoms with Gasteiger partial charge in [-0.25, -0.2) is 4.39 Å². The molecule has 104 valence electrons. The lowest BCUT2D eigenvalue weighted by Crippen LogP contribution is -2.14. The zero-order valence-electron chi connectivity index (χ0n) is 11.2. The lowest BCUT2D eigenvalue weighted by Gasteiger charge is -2.07. The van der Waals surface area contributed by atoms with Gasteiger partial charge >= 0.3 is 0 Å². The number of halogens is 1. The summed E-state index contributed by atoms with van der Waals surface area (Å²) in [5.74, 6) is -0.437. The number of hydrogen-bond acceptors (Lipinski definition) is 2. The van der Waals surface area contributed by atoms with Crippen LogP contribution in [0, 0.1) is 5.82 Å². The van der Waals surface area contributed by atoms with Gasteiger partial charge in [-0.2, -0.15) is 0 Å². The maximum atomic E-state index is 12.8. The summed E-state index contributed by atoms with van der Waals surface area (Å²) in [5.41, 5.74) is 2.50. The van der Waals surface area contributed by atoms with Crippen LogP contribution in [-0.2, 0) is 22.6 Å². The number of rotatable bonds is 5. The Morgan fingerprint density at radius 2 is 1.90 bits per heavy atom. The molecule has 2 aromatic carbocycles. The van der Waals surface area contributed by atoms with E-state index in [0.717, 1.165) is 16.8 Å². The monoisotopic (exact) mass is 273 g/mol. The third kappa shape index (κ3) is 4.17. The number of methoxy groups -OCH3 is 1. The van der Waals surface area contributed by atoms with Crippen molar-refractivity contribution in [2.45, 2.75) is 13.0 Å². The summed E-state index contributed by atoms with van der Waals surface area (Å²) in [5, 5.41) is 2.82. The van der Waals surface area contributed by atoms with Gasteiger partial charge in [-0.1, -0.05) is 24.3 Å². The van der Waals surface area contributed by atoms with Crippen LogP contribution in [0.5, 0.6) is 0 Å². The molecule has 20 heavy (non-hydrogen) atoms. The topological polar surface area (TPSA) is 38.3 Å². The molecule has 0 aliphatic carbocycles. The Morgan fingerprint density at radius 3 is 2.60 bits per heavy atom. The molecule has 2 rings (SSSR count). The predicted octanol–water partition coefficient (Wildman–Crippen LogP) is 3.15. The first-order valence-corrected chi connectivity index (χ1v) is 6.29. The Hall–Kier alpha value is -2.20. The van der Waals surface area contributed by atoms with Crippen LogP contribution in [0.25, 0.3) is 0 Å². The van der Waals surface area contributed by atoms with Crippen LogP contribution in [0.15, 0.2) is 48.5 Å². The van der Waals surface area contributed by atoms with Crippen LogP contribution >= 0.6 is 0 Å². The van der Waals surface area contributed by atoms with E-state index in [2.05, 4.69) is 5.32 Å². The van der Waals surface area contributed by atoms with Crippen LogP contribution in [0.1, 0.15) is 11.1 Å². The SMILES string of the molecule is COCc1cccc(NC(=O)Cc2ccc(F)cc2)c1. The van der Waals surface area contributed by atoms with Crippen molar-refractivity contribution in [3.63, 3.8) is 0 Å². The summed E-state index contributed by atoms with van der Waals surface area (Å²) in [6, 6.07) is 13.4. The van der Waals surface area contributed by atoms with Gasteiger partial charge in [0.1, 0.15) is 5.82 Å². The summed E-state index contributed by atoms with van der Waals surface area (Å²) in [6.45, 7) is 0.502. The number of ether oxygens (including phenoxy) is 1. The van der Waals surface area contributed by atoms with E-state index in [9.17, 15) is 9.18 Å². The average Bonchev–Trinajstić information content (AvgIpc) is 2.42. The number of benzene rings is 2. The Bertz CT molecular complexity index is 581.